The summed E-state index contributed by atoms with van der Waals surface area (Å²) >= 11 is 13.3. The molecule has 1 unspecified atom stereocenters. The van der Waals surface area contributed by atoms with Gasteiger partial charge in [-0.2, -0.15) is 0 Å². The molecule has 1 saturated heterocycles. The van der Waals surface area contributed by atoms with Gasteiger partial charge in [0, 0.05) is 0 Å². The first-order chi connectivity index (χ1) is 13.9. The lowest BCUT2D eigenvalue weighted by molar-refractivity contribution is -0.145. The summed E-state index contributed by atoms with van der Waals surface area (Å²) in [5.74, 6) is -0.837. The molecule has 1 amide bonds. The van der Waals surface area contributed by atoms with Gasteiger partial charge in [0.05, 0.1) is 20.6 Å². The number of carboxylic acids is 1. The van der Waals surface area contributed by atoms with Crippen molar-refractivity contribution in [1.82, 2.24) is 5.32 Å². The van der Waals surface area contributed by atoms with Crippen LogP contribution >= 0.6 is 35.0 Å². The van der Waals surface area contributed by atoms with Crippen molar-refractivity contribution in [3.63, 3.8) is 0 Å². The molecule has 3 rings (SSSR count). The van der Waals surface area contributed by atoms with Crippen LogP contribution in [0.15, 0.2) is 52.4 Å². The van der Waals surface area contributed by atoms with E-state index < -0.39 is 12.1 Å². The first-order valence-electron chi connectivity index (χ1n) is 8.60. The van der Waals surface area contributed by atoms with E-state index in [0.29, 0.717) is 38.0 Å². The van der Waals surface area contributed by atoms with Crippen LogP contribution < -0.4 is 10.1 Å². The fraction of sp³-hybridized carbons (Fsp3) is 0.150. The zero-order chi connectivity index (χ0) is 21.0. The molecule has 1 aliphatic heterocycles. The minimum atomic E-state index is -1.01. The Morgan fingerprint density at radius 2 is 2.00 bits per heavy atom. The van der Waals surface area contributed by atoms with Crippen LogP contribution in [0, 0.1) is 0 Å². The number of amidine groups is 1. The topological polar surface area (TPSA) is 88.0 Å². The minimum absolute atomic E-state index is 0.274. The normalized spacial score (nSPS) is 17.4. The van der Waals surface area contributed by atoms with Gasteiger partial charge in [-0.15, -0.1) is 0 Å². The first-order valence-corrected chi connectivity index (χ1v) is 10.2. The number of carboxylic acid groups (broad SMARTS) is 1. The summed E-state index contributed by atoms with van der Waals surface area (Å²) < 4.78 is 5.43. The van der Waals surface area contributed by atoms with Gasteiger partial charge < -0.3 is 15.2 Å². The molecule has 150 valence electrons. The third kappa shape index (κ3) is 5.32. The Kier molecular flexibility index (Phi) is 6.84. The van der Waals surface area contributed by atoms with Crippen LogP contribution in [0.4, 0.5) is 5.69 Å². The number of amides is 1. The monoisotopic (exact) mass is 450 g/mol. The van der Waals surface area contributed by atoms with Crippen molar-refractivity contribution in [2.24, 2.45) is 4.99 Å². The number of aliphatic carboxylic acids is 1. The molecule has 0 radical (unpaired) electrons. The first kappa shape index (κ1) is 21.2. The van der Waals surface area contributed by atoms with E-state index in [1.807, 2.05) is 0 Å². The summed E-state index contributed by atoms with van der Waals surface area (Å²) in [7, 11) is 0. The van der Waals surface area contributed by atoms with E-state index in [9.17, 15) is 9.59 Å². The Labute approximate surface area is 181 Å². The lowest BCUT2D eigenvalue weighted by Gasteiger charge is -2.13. The predicted molar refractivity (Wildman–Crippen MR) is 116 cm³/mol. The van der Waals surface area contributed by atoms with Crippen LogP contribution in [0.25, 0.3) is 6.08 Å². The number of aliphatic imine (C=N–C) groups is 1. The van der Waals surface area contributed by atoms with Gasteiger partial charge in [-0.25, -0.2) is 9.79 Å². The molecule has 2 aromatic carbocycles. The maximum Gasteiger partial charge on any atom is 0.344 e. The maximum absolute atomic E-state index is 12.2. The van der Waals surface area contributed by atoms with Gasteiger partial charge in [0.2, 0.25) is 0 Å². The smallest absolute Gasteiger partial charge is 0.344 e. The predicted octanol–water partition coefficient (Wildman–Crippen LogP) is 5.13. The lowest BCUT2D eigenvalue weighted by Crippen LogP contribution is -2.25. The van der Waals surface area contributed by atoms with E-state index in [-0.39, 0.29) is 5.91 Å². The van der Waals surface area contributed by atoms with Crippen molar-refractivity contribution >= 4 is 63.8 Å². The van der Waals surface area contributed by atoms with Gasteiger partial charge in [0.15, 0.2) is 11.3 Å². The third-order valence-electron chi connectivity index (χ3n) is 3.91. The zero-order valence-electron chi connectivity index (χ0n) is 15.2. The summed E-state index contributed by atoms with van der Waals surface area (Å²) in [6, 6.07) is 11.9. The highest BCUT2D eigenvalue weighted by Crippen LogP contribution is 2.34. The molecule has 6 nitrogen and oxygen atoms in total. The summed E-state index contributed by atoms with van der Waals surface area (Å²) in [5, 5.41) is 12.9. The Hall–Kier alpha value is -2.48. The minimum Gasteiger partial charge on any atom is -0.479 e. The Bertz CT molecular complexity index is 1010. The fourth-order valence-corrected chi connectivity index (χ4v) is 3.61. The molecular weight excluding hydrogens is 435 g/mol. The summed E-state index contributed by atoms with van der Waals surface area (Å²) in [5.41, 5.74) is 1.23. The van der Waals surface area contributed by atoms with E-state index in [0.717, 1.165) is 5.56 Å². The SMILES string of the molecule is CCC(Oc1ccc(/C=C2/SC(=Nc3cccc(Cl)c3Cl)NC2=O)cc1)C(=O)O. The van der Waals surface area contributed by atoms with Crippen LogP contribution in [0.5, 0.6) is 5.75 Å². The average Bonchev–Trinajstić information content (AvgIpc) is 3.03. The molecule has 1 aliphatic rings. The zero-order valence-corrected chi connectivity index (χ0v) is 17.5. The number of carbonyl (C=O) groups excluding carboxylic acids is 1. The number of hydrogen-bond donors (Lipinski definition) is 2. The van der Waals surface area contributed by atoms with Gasteiger partial charge in [-0.05, 0) is 54.1 Å². The second-order valence-corrected chi connectivity index (χ2v) is 7.79. The van der Waals surface area contributed by atoms with Crippen LogP contribution in [0.3, 0.4) is 0 Å². The number of thioether (sulfide) groups is 1. The number of benzene rings is 2. The van der Waals surface area contributed by atoms with E-state index in [4.69, 9.17) is 33.0 Å². The summed E-state index contributed by atoms with van der Waals surface area (Å²) in [6.45, 7) is 1.74. The van der Waals surface area contributed by atoms with Gasteiger partial charge in [0.25, 0.3) is 5.91 Å². The van der Waals surface area contributed by atoms with Crippen molar-refractivity contribution in [3.8, 4) is 5.75 Å². The van der Waals surface area contributed by atoms with E-state index in [2.05, 4.69) is 10.3 Å². The van der Waals surface area contributed by atoms with Crippen molar-refractivity contribution in [2.75, 3.05) is 0 Å². The molecule has 1 fully saturated rings. The second kappa shape index (κ2) is 9.35. The largest absolute Gasteiger partial charge is 0.479 e. The standard InChI is InChI=1S/C20H16Cl2N2O4S/c1-2-15(19(26)27)28-12-8-6-11(7-9-12)10-16-18(25)24-20(29-16)23-14-5-3-4-13(21)17(14)22/h3-10,15H,2H2,1H3,(H,26,27)(H,23,24,25)/b16-10+. The summed E-state index contributed by atoms with van der Waals surface area (Å²) in [6.07, 6.45) is 1.17. The molecule has 9 heteroatoms. The van der Waals surface area contributed by atoms with Gasteiger partial charge in [-0.3, -0.25) is 4.79 Å². The number of ether oxygens (including phenoxy) is 1. The molecule has 0 aliphatic carbocycles. The average molecular weight is 451 g/mol. The highest BCUT2D eigenvalue weighted by molar-refractivity contribution is 8.18. The van der Waals surface area contributed by atoms with E-state index in [1.54, 1.807) is 55.5 Å². The Morgan fingerprint density at radius 3 is 2.66 bits per heavy atom. The second-order valence-electron chi connectivity index (χ2n) is 5.98. The van der Waals surface area contributed by atoms with E-state index in [1.165, 1.54) is 11.8 Å². The number of hydrogen-bond acceptors (Lipinski definition) is 5. The number of nitrogens with one attached hydrogen (secondary N) is 1. The molecule has 0 bridgehead atoms. The van der Waals surface area contributed by atoms with Crippen LogP contribution in [0.2, 0.25) is 10.0 Å². The van der Waals surface area contributed by atoms with Gasteiger partial charge in [-0.1, -0.05) is 48.3 Å². The van der Waals surface area contributed by atoms with Crippen LogP contribution in [-0.2, 0) is 9.59 Å². The molecule has 29 heavy (non-hydrogen) atoms. The Morgan fingerprint density at radius 1 is 1.28 bits per heavy atom. The molecule has 0 spiro atoms. The van der Waals surface area contributed by atoms with Crippen LogP contribution in [-0.4, -0.2) is 28.3 Å². The number of nitrogens with zero attached hydrogens (tertiary/aromatic N) is 1. The number of halogens is 2. The van der Waals surface area contributed by atoms with Crippen molar-refractivity contribution in [3.05, 3.63) is 63.0 Å². The van der Waals surface area contributed by atoms with Crippen LogP contribution in [0.1, 0.15) is 18.9 Å². The molecule has 1 atom stereocenters. The van der Waals surface area contributed by atoms with E-state index >= 15 is 0 Å². The quantitative estimate of drug-likeness (QED) is 0.595. The molecule has 1 heterocycles. The number of rotatable bonds is 6. The van der Waals surface area contributed by atoms with Gasteiger partial charge in [0.1, 0.15) is 5.75 Å². The molecule has 2 aromatic rings. The molecular formula is C20H16Cl2N2O4S. The fourth-order valence-electron chi connectivity index (χ4n) is 2.44. The summed E-state index contributed by atoms with van der Waals surface area (Å²) in [4.78, 5) is 28.1. The lowest BCUT2D eigenvalue weighted by atomic mass is 10.2. The highest BCUT2D eigenvalue weighted by Gasteiger charge is 2.24. The van der Waals surface area contributed by atoms with Gasteiger partial charge >= 0.3 is 5.97 Å². The number of carbonyl (C=O) groups is 2. The van der Waals surface area contributed by atoms with Crippen molar-refractivity contribution in [2.45, 2.75) is 19.4 Å². The third-order valence-corrected chi connectivity index (χ3v) is 5.63. The highest BCUT2D eigenvalue weighted by atomic mass is 35.5. The van der Waals surface area contributed by atoms with Crippen molar-refractivity contribution < 1.29 is 19.4 Å². The molecule has 0 saturated carbocycles. The van der Waals surface area contributed by atoms with Crippen molar-refractivity contribution in [1.29, 1.82) is 0 Å². The maximum atomic E-state index is 12.2. The Balaban J connectivity index is 1.74. The molecule has 2 N–H and O–H groups in total. The molecule has 0 aromatic heterocycles.